The van der Waals surface area contributed by atoms with Gasteiger partial charge in [-0.15, -0.1) is 0 Å². The van der Waals surface area contributed by atoms with Crippen LogP contribution in [0.5, 0.6) is 11.5 Å². The molecule has 0 amide bonds. The van der Waals surface area contributed by atoms with Crippen LogP contribution in [0.3, 0.4) is 0 Å². The summed E-state index contributed by atoms with van der Waals surface area (Å²) < 4.78 is 39.9. The third-order valence-electron chi connectivity index (χ3n) is 13.2. The highest BCUT2D eigenvalue weighted by Gasteiger charge is 2.64. The van der Waals surface area contributed by atoms with Gasteiger partial charge in [0.1, 0.15) is 17.3 Å². The van der Waals surface area contributed by atoms with E-state index in [1.807, 2.05) is 38.1 Å². The highest BCUT2D eigenvalue weighted by molar-refractivity contribution is 9.10. The molecule has 0 aliphatic heterocycles. The zero-order valence-electron chi connectivity index (χ0n) is 37.6. The van der Waals surface area contributed by atoms with Crippen LogP contribution in [0.15, 0.2) is 245 Å². The maximum Gasteiger partial charge on any atom is 0.166 e. The van der Waals surface area contributed by atoms with Crippen LogP contribution in [-0.4, -0.2) is 24.5 Å². The molecule has 8 aromatic carbocycles. The lowest BCUT2D eigenvalue weighted by atomic mass is 9.70. The Kier molecular flexibility index (Phi) is 14.5. The van der Waals surface area contributed by atoms with E-state index in [9.17, 15) is 17.8 Å². The minimum Gasteiger partial charge on any atom is -0.748 e. The molecule has 0 aromatic heterocycles. The van der Waals surface area contributed by atoms with Crippen molar-refractivity contribution in [3.05, 3.63) is 211 Å². The molecule has 2 bridgehead atoms. The lowest BCUT2D eigenvalue weighted by Crippen LogP contribution is -2.42. The Balaban J connectivity index is 0.000000327. The van der Waals surface area contributed by atoms with Crippen LogP contribution in [-0.2, 0) is 25.8 Å². The topological polar surface area (TPSA) is 83.5 Å². The lowest BCUT2D eigenvalue weighted by molar-refractivity contribution is -0.128. The molecule has 0 heterocycles. The zero-order chi connectivity index (χ0) is 47.3. The molecule has 2 aliphatic rings. The minimum absolute atomic E-state index is 0.0248. The number of carbonyl (C=O) groups is 1. The van der Waals surface area contributed by atoms with Gasteiger partial charge in [0, 0.05) is 35.9 Å². The predicted molar refractivity (Wildman–Crippen MR) is 281 cm³/mol. The van der Waals surface area contributed by atoms with Crippen molar-refractivity contribution in [3.63, 3.8) is 0 Å². The standard InChI is InChI=1S/C48H34BrOS3.C10H16O4S/c49-39-15-17-40(18-16-39)50-41-19-29-46(30-20-41)53(47-31-25-44(26-32-47)51-42-21-11-37(12-22-42)35-7-3-1-4-8-35)48-33-27-45(28-34-48)52-43-23-13-38(14-24-43)36-9-5-2-6-10-36;1-9(2)7-3-4-10(9,8(11)5-7)6-15(12,13)14/h1-34H;7H,3-6H2,1-2H3,(H,12,13,14)/q+1;/p-1. The molecular formula is C58H49BrO5S4. The summed E-state index contributed by atoms with van der Waals surface area (Å²) in [5.41, 5.74) is 3.70. The third-order valence-corrected chi connectivity index (χ3v) is 18.8. The SMILES string of the molecule is Brc1ccc(Oc2ccc([S+](c3ccc(Sc4ccc(-c5ccccc5)cc4)cc3)c3ccc(Sc4ccc(-c5ccccc5)cc4)cc3)cc2)cc1.CC1(C)C2CCC1(CS(=O)(=O)[O-])C(=O)C2. The quantitative estimate of drug-likeness (QED) is 0.0840. The Bertz CT molecular complexity index is 2950. The first-order valence-corrected chi connectivity index (χ1v) is 27.7. The van der Waals surface area contributed by atoms with Gasteiger partial charge in [0.2, 0.25) is 0 Å². The largest absolute Gasteiger partial charge is 0.748 e. The summed E-state index contributed by atoms with van der Waals surface area (Å²) in [5.74, 6) is 1.35. The molecule has 0 N–H and O–H groups in total. The van der Waals surface area contributed by atoms with Gasteiger partial charge in [0.15, 0.2) is 14.7 Å². The number of Topliss-reactive ketones (excluding diaryl/α,β-unsaturated/α-hetero) is 1. The summed E-state index contributed by atoms with van der Waals surface area (Å²) in [7, 11) is -4.64. The summed E-state index contributed by atoms with van der Waals surface area (Å²) >= 11 is 7.09. The monoisotopic (exact) mass is 1030 g/mol. The number of halogens is 1. The molecule has 0 spiro atoms. The molecule has 2 fully saturated rings. The van der Waals surface area contributed by atoms with E-state index in [1.165, 1.54) is 56.5 Å². The van der Waals surface area contributed by atoms with Gasteiger partial charge < -0.3 is 9.29 Å². The molecule has 8 aromatic rings. The van der Waals surface area contributed by atoms with E-state index in [2.05, 4.69) is 198 Å². The summed E-state index contributed by atoms with van der Waals surface area (Å²) in [6, 6.07) is 73.3. The van der Waals surface area contributed by atoms with Crippen molar-refractivity contribution in [3.8, 4) is 33.8 Å². The van der Waals surface area contributed by atoms with Crippen LogP contribution in [0.4, 0.5) is 0 Å². The van der Waals surface area contributed by atoms with Crippen molar-refractivity contribution in [2.45, 2.75) is 67.4 Å². The fourth-order valence-corrected chi connectivity index (χ4v) is 14.6. The molecule has 2 aliphatic carbocycles. The third kappa shape index (κ3) is 11.1. The Morgan fingerprint density at radius 1 is 0.559 bits per heavy atom. The second-order valence-corrected chi connectivity index (χ2v) is 24.3. The summed E-state index contributed by atoms with van der Waals surface area (Å²) in [6.45, 7) is 3.83. The first-order valence-electron chi connectivity index (χ1n) is 22.4. The predicted octanol–water partition coefficient (Wildman–Crippen LogP) is 15.9. The van der Waals surface area contributed by atoms with E-state index in [0.717, 1.165) is 22.4 Å². The van der Waals surface area contributed by atoms with E-state index in [1.54, 1.807) is 23.5 Å². The number of fused-ring (bicyclic) bond motifs is 2. The number of ketones is 1. The Labute approximate surface area is 420 Å². The van der Waals surface area contributed by atoms with E-state index < -0.39 is 21.3 Å². The number of rotatable bonds is 13. The average Bonchev–Trinajstić information content (AvgIpc) is 3.69. The van der Waals surface area contributed by atoms with Gasteiger partial charge in [-0.3, -0.25) is 4.79 Å². The molecule has 2 atom stereocenters. The smallest absolute Gasteiger partial charge is 0.166 e. The Morgan fingerprint density at radius 3 is 1.29 bits per heavy atom. The number of ether oxygens (including phenoxy) is 1. The first-order chi connectivity index (χ1) is 32.8. The Hall–Kier alpha value is -5.33. The summed E-state index contributed by atoms with van der Waals surface area (Å²) in [4.78, 5) is 20.5. The van der Waals surface area contributed by atoms with Crippen LogP contribution in [0.1, 0.15) is 33.1 Å². The van der Waals surface area contributed by atoms with Crippen molar-refractivity contribution in [1.82, 2.24) is 0 Å². The molecule has 10 rings (SSSR count). The maximum atomic E-state index is 11.8. The molecular weight excluding hydrogens is 985 g/mol. The number of benzene rings is 8. The molecule has 10 heteroatoms. The molecule has 2 unspecified atom stereocenters. The van der Waals surface area contributed by atoms with E-state index in [-0.39, 0.29) is 28.0 Å². The van der Waals surface area contributed by atoms with Gasteiger partial charge in [-0.05, 0) is 168 Å². The van der Waals surface area contributed by atoms with Crippen molar-refractivity contribution in [2.24, 2.45) is 16.7 Å². The van der Waals surface area contributed by atoms with E-state index in [4.69, 9.17) is 4.74 Å². The minimum atomic E-state index is -4.33. The van der Waals surface area contributed by atoms with Gasteiger partial charge in [0.25, 0.3) is 0 Å². The highest BCUT2D eigenvalue weighted by Crippen LogP contribution is 2.64. The maximum absolute atomic E-state index is 11.8. The van der Waals surface area contributed by atoms with Crippen LogP contribution in [0.25, 0.3) is 22.3 Å². The number of hydrogen-bond donors (Lipinski definition) is 0. The summed E-state index contributed by atoms with van der Waals surface area (Å²) in [6.07, 6.45) is 1.88. The van der Waals surface area contributed by atoms with Gasteiger partial charge in [0.05, 0.1) is 26.8 Å². The van der Waals surface area contributed by atoms with E-state index in [0.29, 0.717) is 12.8 Å². The molecule has 0 saturated heterocycles. The van der Waals surface area contributed by atoms with Crippen molar-refractivity contribution < 1.29 is 22.5 Å². The second kappa shape index (κ2) is 20.7. The van der Waals surface area contributed by atoms with Crippen LogP contribution in [0.2, 0.25) is 0 Å². The highest BCUT2D eigenvalue weighted by atomic mass is 79.9. The summed E-state index contributed by atoms with van der Waals surface area (Å²) in [5, 5.41) is 0. The van der Waals surface area contributed by atoms with Crippen LogP contribution in [0, 0.1) is 16.7 Å². The molecule has 68 heavy (non-hydrogen) atoms. The average molecular weight is 1030 g/mol. The normalized spacial score (nSPS) is 17.1. The van der Waals surface area contributed by atoms with Crippen molar-refractivity contribution in [2.75, 3.05) is 5.75 Å². The fraction of sp³-hybridized carbons (Fsp3) is 0.155. The number of hydrogen-bond acceptors (Lipinski definition) is 7. The first kappa shape index (κ1) is 47.7. The Morgan fingerprint density at radius 2 is 0.926 bits per heavy atom. The van der Waals surface area contributed by atoms with Gasteiger partial charge in [-0.1, -0.05) is 138 Å². The van der Waals surface area contributed by atoms with E-state index >= 15 is 0 Å². The molecule has 0 radical (unpaired) electrons. The van der Waals surface area contributed by atoms with Gasteiger partial charge in [-0.2, -0.15) is 0 Å². The number of carbonyl (C=O) groups excluding carboxylic acids is 1. The second-order valence-electron chi connectivity index (χ2n) is 17.6. The van der Waals surface area contributed by atoms with Crippen molar-refractivity contribution in [1.29, 1.82) is 0 Å². The molecule has 342 valence electrons. The van der Waals surface area contributed by atoms with Crippen LogP contribution < -0.4 is 4.74 Å². The zero-order valence-corrected chi connectivity index (χ0v) is 42.4. The lowest BCUT2D eigenvalue weighted by Gasteiger charge is -2.37. The van der Waals surface area contributed by atoms with Gasteiger partial charge in [-0.25, -0.2) is 8.42 Å². The van der Waals surface area contributed by atoms with Crippen molar-refractivity contribution >= 4 is 66.3 Å². The fourth-order valence-electron chi connectivity index (χ4n) is 9.35. The van der Waals surface area contributed by atoms with Crippen LogP contribution >= 0.6 is 39.5 Å². The van der Waals surface area contributed by atoms with Gasteiger partial charge >= 0.3 is 0 Å². The molecule has 5 nitrogen and oxygen atoms in total. The molecule has 2 saturated carbocycles.